The Morgan fingerprint density at radius 3 is 2.81 bits per heavy atom. The second kappa shape index (κ2) is 6.88. The number of hydrogen-bond acceptors (Lipinski definition) is 6. The zero-order valence-corrected chi connectivity index (χ0v) is 15.0. The molecule has 138 valence electrons. The molecule has 0 radical (unpaired) electrons. The van der Waals surface area contributed by atoms with Crippen molar-refractivity contribution in [3.8, 4) is 11.5 Å². The van der Waals surface area contributed by atoms with Crippen LogP contribution in [0.2, 0.25) is 0 Å². The van der Waals surface area contributed by atoms with Crippen LogP contribution in [0.25, 0.3) is 10.1 Å². The van der Waals surface area contributed by atoms with Gasteiger partial charge in [0.2, 0.25) is 6.79 Å². The van der Waals surface area contributed by atoms with Crippen LogP contribution in [-0.2, 0) is 9.53 Å². The van der Waals surface area contributed by atoms with Crippen molar-refractivity contribution in [1.29, 1.82) is 0 Å². The molecule has 1 atom stereocenters. The molecule has 27 heavy (non-hydrogen) atoms. The van der Waals surface area contributed by atoms with E-state index in [0.29, 0.717) is 27.4 Å². The van der Waals surface area contributed by atoms with Gasteiger partial charge in [0, 0.05) is 16.5 Å². The molecule has 8 heteroatoms. The number of thiophene rings is 1. The van der Waals surface area contributed by atoms with E-state index in [1.165, 1.54) is 30.4 Å². The Kier molecular flexibility index (Phi) is 4.41. The van der Waals surface area contributed by atoms with E-state index in [0.717, 1.165) is 4.70 Å². The lowest BCUT2D eigenvalue weighted by atomic mass is 10.2. The summed E-state index contributed by atoms with van der Waals surface area (Å²) in [6, 6.07) is 10.8. The van der Waals surface area contributed by atoms with E-state index in [1.807, 2.05) is 0 Å². The third-order valence-electron chi connectivity index (χ3n) is 3.97. The van der Waals surface area contributed by atoms with Gasteiger partial charge in [0.1, 0.15) is 10.7 Å². The fourth-order valence-corrected chi connectivity index (χ4v) is 3.53. The number of halogens is 1. The largest absolute Gasteiger partial charge is 0.454 e. The average Bonchev–Trinajstić information content (AvgIpc) is 3.27. The minimum Gasteiger partial charge on any atom is -0.454 e. The van der Waals surface area contributed by atoms with Gasteiger partial charge in [-0.2, -0.15) is 0 Å². The minimum atomic E-state index is -1.01. The smallest absolute Gasteiger partial charge is 0.349 e. The van der Waals surface area contributed by atoms with Gasteiger partial charge in [-0.25, -0.2) is 9.18 Å². The first kappa shape index (κ1) is 17.3. The predicted molar refractivity (Wildman–Crippen MR) is 97.9 cm³/mol. The second-order valence-corrected chi connectivity index (χ2v) is 6.98. The van der Waals surface area contributed by atoms with E-state index in [2.05, 4.69) is 5.32 Å². The van der Waals surface area contributed by atoms with E-state index in [1.54, 1.807) is 30.3 Å². The van der Waals surface area contributed by atoms with Crippen LogP contribution in [0.15, 0.2) is 42.5 Å². The van der Waals surface area contributed by atoms with Crippen LogP contribution in [0.1, 0.15) is 16.6 Å². The molecule has 1 aliphatic rings. The van der Waals surface area contributed by atoms with Gasteiger partial charge in [0.25, 0.3) is 5.91 Å². The highest BCUT2D eigenvalue weighted by Gasteiger charge is 2.22. The molecule has 0 bridgehead atoms. The highest BCUT2D eigenvalue weighted by atomic mass is 32.1. The summed E-state index contributed by atoms with van der Waals surface area (Å²) in [7, 11) is 0. The van der Waals surface area contributed by atoms with Crippen LogP contribution >= 0.6 is 11.3 Å². The SMILES string of the molecule is C[C@H](OC(=O)c1cc2cc(F)ccc2s1)C(=O)Nc1ccc2c(c1)OCO2. The molecule has 0 saturated carbocycles. The molecule has 0 spiro atoms. The fraction of sp³-hybridized carbons (Fsp3) is 0.158. The Morgan fingerprint density at radius 2 is 1.96 bits per heavy atom. The van der Waals surface area contributed by atoms with Crippen molar-refractivity contribution in [2.45, 2.75) is 13.0 Å². The zero-order chi connectivity index (χ0) is 19.0. The number of ether oxygens (including phenoxy) is 3. The molecule has 0 saturated heterocycles. The maximum atomic E-state index is 13.3. The van der Waals surface area contributed by atoms with E-state index in [4.69, 9.17) is 14.2 Å². The number of carbonyl (C=O) groups is 2. The second-order valence-electron chi connectivity index (χ2n) is 5.90. The van der Waals surface area contributed by atoms with Crippen molar-refractivity contribution in [3.63, 3.8) is 0 Å². The van der Waals surface area contributed by atoms with Gasteiger partial charge in [0.05, 0.1) is 0 Å². The molecular weight excluding hydrogens is 373 g/mol. The molecule has 1 N–H and O–H groups in total. The molecule has 0 fully saturated rings. The predicted octanol–water partition coefficient (Wildman–Crippen LogP) is 3.95. The molecule has 0 aliphatic carbocycles. The number of rotatable bonds is 4. The van der Waals surface area contributed by atoms with Crippen LogP contribution in [0.5, 0.6) is 11.5 Å². The summed E-state index contributed by atoms with van der Waals surface area (Å²) in [6.07, 6.45) is -1.01. The van der Waals surface area contributed by atoms with Crippen molar-refractivity contribution >= 4 is 39.0 Å². The Bertz CT molecular complexity index is 1050. The van der Waals surface area contributed by atoms with E-state index < -0.39 is 18.0 Å². The van der Waals surface area contributed by atoms with Crippen molar-refractivity contribution in [3.05, 3.63) is 53.2 Å². The third-order valence-corrected chi connectivity index (χ3v) is 5.07. The van der Waals surface area contributed by atoms with E-state index in [-0.39, 0.29) is 12.6 Å². The Balaban J connectivity index is 1.41. The maximum Gasteiger partial charge on any atom is 0.349 e. The highest BCUT2D eigenvalue weighted by Crippen LogP contribution is 2.34. The lowest BCUT2D eigenvalue weighted by Crippen LogP contribution is -2.29. The van der Waals surface area contributed by atoms with Crippen LogP contribution in [0.3, 0.4) is 0 Å². The summed E-state index contributed by atoms with van der Waals surface area (Å²) in [5, 5.41) is 3.28. The number of benzene rings is 2. The number of hydrogen-bond donors (Lipinski definition) is 1. The van der Waals surface area contributed by atoms with Gasteiger partial charge in [-0.3, -0.25) is 4.79 Å². The van der Waals surface area contributed by atoms with Crippen LogP contribution in [-0.4, -0.2) is 24.8 Å². The molecule has 3 aromatic rings. The van der Waals surface area contributed by atoms with Crippen molar-refractivity contribution in [1.82, 2.24) is 0 Å². The lowest BCUT2D eigenvalue weighted by molar-refractivity contribution is -0.123. The molecule has 2 aromatic carbocycles. The zero-order valence-electron chi connectivity index (χ0n) is 14.2. The first-order chi connectivity index (χ1) is 13.0. The van der Waals surface area contributed by atoms with Gasteiger partial charge < -0.3 is 19.5 Å². The van der Waals surface area contributed by atoms with Crippen LogP contribution < -0.4 is 14.8 Å². The minimum absolute atomic E-state index is 0.139. The van der Waals surface area contributed by atoms with Gasteiger partial charge >= 0.3 is 5.97 Å². The van der Waals surface area contributed by atoms with Crippen LogP contribution in [0.4, 0.5) is 10.1 Å². The Labute approximate surface area is 157 Å². The summed E-state index contributed by atoms with van der Waals surface area (Å²) in [6.45, 7) is 1.62. The number of fused-ring (bicyclic) bond motifs is 2. The number of anilines is 1. The normalized spacial score (nSPS) is 13.4. The first-order valence-corrected chi connectivity index (χ1v) is 8.92. The number of esters is 1. The summed E-state index contributed by atoms with van der Waals surface area (Å²) in [5.41, 5.74) is 0.504. The molecule has 4 rings (SSSR count). The molecule has 1 aromatic heterocycles. The summed E-state index contributed by atoms with van der Waals surface area (Å²) in [4.78, 5) is 24.9. The summed E-state index contributed by atoms with van der Waals surface area (Å²) in [5.74, 6) is -0.348. The van der Waals surface area contributed by atoms with Gasteiger partial charge in [-0.15, -0.1) is 11.3 Å². The highest BCUT2D eigenvalue weighted by molar-refractivity contribution is 7.20. The number of amides is 1. The summed E-state index contributed by atoms with van der Waals surface area (Å²) >= 11 is 1.18. The lowest BCUT2D eigenvalue weighted by Gasteiger charge is -2.13. The molecule has 6 nitrogen and oxygen atoms in total. The Hall–Kier alpha value is -3.13. The topological polar surface area (TPSA) is 73.9 Å². The molecule has 2 heterocycles. The standard InChI is InChI=1S/C19H14FNO5S/c1-10(18(22)21-13-3-4-14-15(8-13)25-9-24-14)26-19(23)17-7-11-6-12(20)2-5-16(11)27-17/h2-8,10H,9H2,1H3,(H,21,22)/t10-/m0/s1. The first-order valence-electron chi connectivity index (χ1n) is 8.10. The number of carbonyl (C=O) groups excluding carboxylic acids is 2. The van der Waals surface area contributed by atoms with E-state index in [9.17, 15) is 14.0 Å². The average molecular weight is 387 g/mol. The fourth-order valence-electron chi connectivity index (χ4n) is 2.61. The van der Waals surface area contributed by atoms with Gasteiger partial charge in [-0.1, -0.05) is 0 Å². The Morgan fingerprint density at radius 1 is 1.15 bits per heavy atom. The van der Waals surface area contributed by atoms with Crippen molar-refractivity contribution in [2.75, 3.05) is 12.1 Å². The number of nitrogens with one attached hydrogen (secondary N) is 1. The van der Waals surface area contributed by atoms with E-state index >= 15 is 0 Å². The molecule has 0 unspecified atom stereocenters. The van der Waals surface area contributed by atoms with Gasteiger partial charge in [-0.05, 0) is 48.7 Å². The third kappa shape index (κ3) is 3.56. The quantitative estimate of drug-likeness (QED) is 0.686. The van der Waals surface area contributed by atoms with Crippen molar-refractivity contribution < 1.29 is 28.2 Å². The maximum absolute atomic E-state index is 13.3. The molecular formula is C19H14FNO5S. The molecule has 1 amide bonds. The van der Waals surface area contributed by atoms with Crippen LogP contribution in [0, 0.1) is 5.82 Å². The monoisotopic (exact) mass is 387 g/mol. The van der Waals surface area contributed by atoms with Gasteiger partial charge in [0.15, 0.2) is 17.6 Å². The van der Waals surface area contributed by atoms with Crippen molar-refractivity contribution in [2.24, 2.45) is 0 Å². The summed E-state index contributed by atoms with van der Waals surface area (Å²) < 4.78 is 29.7. The molecule has 1 aliphatic heterocycles.